The number of hydrogen-bond acceptors (Lipinski definition) is 6. The van der Waals surface area contributed by atoms with Gasteiger partial charge < -0.3 is 4.74 Å². The number of methoxy groups -OCH3 is 1. The molecular weight excluding hydrogens is 340 g/mol. The molecule has 9 heteroatoms. The highest BCUT2D eigenvalue weighted by Crippen LogP contribution is 2.36. The quantitative estimate of drug-likeness (QED) is 0.632. The monoisotopic (exact) mass is 354 g/mol. The van der Waals surface area contributed by atoms with Gasteiger partial charge in [-0.05, 0) is 43.4 Å². The Bertz CT molecular complexity index is 820. The van der Waals surface area contributed by atoms with Crippen molar-refractivity contribution >= 4 is 27.5 Å². The molecule has 0 unspecified atom stereocenters. The van der Waals surface area contributed by atoms with E-state index in [1.165, 1.54) is 30.9 Å². The number of sulfonamides is 1. The van der Waals surface area contributed by atoms with Crippen molar-refractivity contribution < 1.29 is 18.1 Å². The molecule has 7 nitrogen and oxygen atoms in total. The average molecular weight is 354 g/mol. The summed E-state index contributed by atoms with van der Waals surface area (Å²) in [7, 11) is -0.932. The van der Waals surface area contributed by atoms with Gasteiger partial charge in [-0.15, -0.1) is 0 Å². The summed E-state index contributed by atoms with van der Waals surface area (Å²) in [4.78, 5) is 11.6. The minimum absolute atomic E-state index is 0.147. The van der Waals surface area contributed by atoms with Crippen molar-refractivity contribution in [3.05, 3.63) is 52.6 Å². The first-order valence-corrected chi connectivity index (χ1v) is 8.71. The number of nitro benzene ring substituents is 1. The molecule has 0 saturated heterocycles. The summed E-state index contributed by atoms with van der Waals surface area (Å²) < 4.78 is 30.7. The molecule has 0 aliphatic carbocycles. The molecule has 2 aromatic rings. The molecule has 0 aliphatic rings. The minimum Gasteiger partial charge on any atom is -0.497 e. The molecule has 0 atom stereocenters. The lowest BCUT2D eigenvalue weighted by atomic mass is 10.3. The van der Waals surface area contributed by atoms with Crippen molar-refractivity contribution in [3.8, 4) is 5.75 Å². The minimum atomic E-state index is -3.73. The number of nitrogens with one attached hydrogen (secondary N) is 1. The molecule has 0 spiro atoms. The molecule has 2 aromatic carbocycles. The predicted molar refractivity (Wildman–Crippen MR) is 86.5 cm³/mol. The van der Waals surface area contributed by atoms with E-state index in [0.29, 0.717) is 10.6 Å². The number of benzene rings is 2. The second kappa shape index (κ2) is 6.99. The Morgan fingerprint density at radius 2 is 1.83 bits per heavy atom. The average Bonchev–Trinajstić information content (AvgIpc) is 2.55. The standard InChI is InChI=1S/C14H14N2O5S2/c1-15-23(19,20)12-7-8-14(13(9-12)16(17)18)22-11-5-3-10(21-2)4-6-11/h3-9,15H,1-2H3. The van der Waals surface area contributed by atoms with Gasteiger partial charge in [-0.25, -0.2) is 13.1 Å². The Morgan fingerprint density at radius 3 is 2.35 bits per heavy atom. The van der Waals surface area contributed by atoms with E-state index in [1.54, 1.807) is 31.4 Å². The van der Waals surface area contributed by atoms with Crippen molar-refractivity contribution in [2.75, 3.05) is 14.2 Å². The Balaban J connectivity index is 2.40. The zero-order chi connectivity index (χ0) is 17.0. The summed E-state index contributed by atoms with van der Waals surface area (Å²) in [6.45, 7) is 0. The molecule has 0 fully saturated rings. The summed E-state index contributed by atoms with van der Waals surface area (Å²) in [6, 6.07) is 10.8. The van der Waals surface area contributed by atoms with E-state index in [4.69, 9.17) is 4.74 Å². The van der Waals surface area contributed by atoms with E-state index in [9.17, 15) is 18.5 Å². The molecular formula is C14H14N2O5S2. The van der Waals surface area contributed by atoms with E-state index >= 15 is 0 Å². The first-order valence-electron chi connectivity index (χ1n) is 6.41. The van der Waals surface area contributed by atoms with Gasteiger partial charge in [-0.2, -0.15) is 0 Å². The fraction of sp³-hybridized carbons (Fsp3) is 0.143. The lowest BCUT2D eigenvalue weighted by molar-refractivity contribution is -0.388. The van der Waals surface area contributed by atoms with Crippen molar-refractivity contribution in [2.45, 2.75) is 14.7 Å². The Morgan fingerprint density at radius 1 is 1.17 bits per heavy atom. The van der Waals surface area contributed by atoms with Crippen LogP contribution in [0.2, 0.25) is 0 Å². The number of ether oxygens (including phenoxy) is 1. The predicted octanol–water partition coefficient (Wildman–Crippen LogP) is 2.66. The van der Waals surface area contributed by atoms with Gasteiger partial charge in [0, 0.05) is 11.0 Å². The van der Waals surface area contributed by atoms with Crippen LogP contribution in [0.1, 0.15) is 0 Å². The maximum atomic E-state index is 11.8. The van der Waals surface area contributed by atoms with E-state index in [0.717, 1.165) is 11.0 Å². The van der Waals surface area contributed by atoms with Crippen LogP contribution in [0.5, 0.6) is 5.75 Å². The summed E-state index contributed by atoms with van der Waals surface area (Å²) in [5.74, 6) is 0.680. The van der Waals surface area contributed by atoms with Gasteiger partial charge in [0.15, 0.2) is 0 Å². The lowest BCUT2D eigenvalue weighted by Gasteiger charge is -2.07. The normalized spacial score (nSPS) is 11.2. The maximum absolute atomic E-state index is 11.8. The summed E-state index contributed by atoms with van der Waals surface area (Å²) in [5.41, 5.74) is -0.262. The molecule has 0 saturated carbocycles. The third-order valence-electron chi connectivity index (χ3n) is 2.99. The van der Waals surface area contributed by atoms with Crippen molar-refractivity contribution in [1.29, 1.82) is 0 Å². The molecule has 0 aromatic heterocycles. The summed E-state index contributed by atoms with van der Waals surface area (Å²) in [6.07, 6.45) is 0. The molecule has 2 rings (SSSR count). The van der Waals surface area contributed by atoms with Crippen LogP contribution in [0.25, 0.3) is 0 Å². The number of nitro groups is 1. The fourth-order valence-corrected chi connectivity index (χ4v) is 3.43. The lowest BCUT2D eigenvalue weighted by Crippen LogP contribution is -2.18. The van der Waals surface area contributed by atoms with Crippen molar-refractivity contribution in [1.82, 2.24) is 4.72 Å². The van der Waals surface area contributed by atoms with Gasteiger partial charge in [0.2, 0.25) is 10.0 Å². The Kier molecular flexibility index (Phi) is 5.24. The van der Waals surface area contributed by atoms with Gasteiger partial charge in [-0.1, -0.05) is 11.8 Å². The second-order valence-corrected chi connectivity index (χ2v) is 7.37. The smallest absolute Gasteiger partial charge is 0.284 e. The second-order valence-electron chi connectivity index (χ2n) is 4.37. The van der Waals surface area contributed by atoms with Gasteiger partial charge in [-0.3, -0.25) is 10.1 Å². The van der Waals surface area contributed by atoms with Crippen LogP contribution < -0.4 is 9.46 Å². The van der Waals surface area contributed by atoms with Gasteiger partial charge >= 0.3 is 0 Å². The summed E-state index contributed by atoms with van der Waals surface area (Å²) in [5, 5.41) is 11.2. The Labute approximate surface area is 137 Å². The topological polar surface area (TPSA) is 98.5 Å². The van der Waals surface area contributed by atoms with Crippen LogP contribution in [-0.2, 0) is 10.0 Å². The van der Waals surface area contributed by atoms with Crippen LogP contribution in [-0.4, -0.2) is 27.5 Å². The van der Waals surface area contributed by atoms with Crippen LogP contribution >= 0.6 is 11.8 Å². The van der Waals surface area contributed by atoms with E-state index < -0.39 is 14.9 Å². The van der Waals surface area contributed by atoms with Gasteiger partial charge in [0.05, 0.1) is 21.8 Å². The van der Waals surface area contributed by atoms with Crippen LogP contribution in [0, 0.1) is 10.1 Å². The zero-order valence-electron chi connectivity index (χ0n) is 12.3. The number of rotatable bonds is 6. The van der Waals surface area contributed by atoms with Gasteiger partial charge in [0.25, 0.3) is 5.69 Å². The Hall–Kier alpha value is -2.10. The zero-order valence-corrected chi connectivity index (χ0v) is 14.0. The van der Waals surface area contributed by atoms with Crippen LogP contribution in [0.3, 0.4) is 0 Å². The fourth-order valence-electron chi connectivity index (χ4n) is 1.78. The third kappa shape index (κ3) is 4.01. The number of hydrogen-bond donors (Lipinski definition) is 1. The first kappa shape index (κ1) is 17.3. The summed E-state index contributed by atoms with van der Waals surface area (Å²) >= 11 is 1.18. The first-order chi connectivity index (χ1) is 10.9. The largest absolute Gasteiger partial charge is 0.497 e. The molecule has 122 valence electrons. The highest BCUT2D eigenvalue weighted by Gasteiger charge is 2.21. The SMILES string of the molecule is CNS(=O)(=O)c1ccc(Sc2ccc(OC)cc2)c([N+](=O)[O-])c1. The molecule has 0 aliphatic heterocycles. The molecule has 0 heterocycles. The maximum Gasteiger partial charge on any atom is 0.284 e. The van der Waals surface area contributed by atoms with Crippen LogP contribution in [0.15, 0.2) is 57.2 Å². The molecule has 23 heavy (non-hydrogen) atoms. The van der Waals surface area contributed by atoms with Gasteiger partial charge in [0.1, 0.15) is 5.75 Å². The third-order valence-corrected chi connectivity index (χ3v) is 5.48. The van der Waals surface area contributed by atoms with Crippen molar-refractivity contribution in [3.63, 3.8) is 0 Å². The molecule has 0 bridgehead atoms. The molecule has 0 amide bonds. The highest BCUT2D eigenvalue weighted by molar-refractivity contribution is 7.99. The molecule has 1 N–H and O–H groups in total. The van der Waals surface area contributed by atoms with Crippen LogP contribution in [0.4, 0.5) is 5.69 Å². The van der Waals surface area contributed by atoms with Crippen molar-refractivity contribution in [2.24, 2.45) is 0 Å². The van der Waals surface area contributed by atoms with E-state index in [2.05, 4.69) is 4.72 Å². The van der Waals surface area contributed by atoms with E-state index in [-0.39, 0.29) is 10.6 Å². The molecule has 0 radical (unpaired) electrons. The number of nitrogens with zero attached hydrogens (tertiary/aromatic N) is 1. The van der Waals surface area contributed by atoms with E-state index in [1.807, 2.05) is 0 Å². The highest BCUT2D eigenvalue weighted by atomic mass is 32.2.